The van der Waals surface area contributed by atoms with Crippen molar-refractivity contribution in [2.75, 3.05) is 4.90 Å². The molecule has 1 aromatic rings. The second-order valence-corrected chi connectivity index (χ2v) is 5.27. The third kappa shape index (κ3) is 2.58. The lowest BCUT2D eigenvalue weighted by molar-refractivity contribution is 0.0696. The molecule has 1 aliphatic rings. The number of nitrogens with zero attached hydrogens (tertiary/aromatic N) is 2. The predicted octanol–water partition coefficient (Wildman–Crippen LogP) is 3.20. The number of rotatable bonds is 2. The summed E-state index contributed by atoms with van der Waals surface area (Å²) in [5, 5.41) is 9.29. The molecule has 0 bridgehead atoms. The van der Waals surface area contributed by atoms with Crippen molar-refractivity contribution in [3.8, 4) is 0 Å². The van der Waals surface area contributed by atoms with Gasteiger partial charge in [0.1, 0.15) is 11.0 Å². The Morgan fingerprint density at radius 3 is 2.56 bits per heavy atom. The number of hydrogen-bond acceptors (Lipinski definition) is 3. The lowest BCUT2D eigenvalue weighted by Crippen LogP contribution is -2.44. The topological polar surface area (TPSA) is 53.4 Å². The van der Waals surface area contributed by atoms with Gasteiger partial charge in [0.05, 0.1) is 5.56 Å². The van der Waals surface area contributed by atoms with E-state index in [0.717, 1.165) is 12.8 Å². The average molecular weight is 269 g/mol. The number of piperidine rings is 1. The van der Waals surface area contributed by atoms with Gasteiger partial charge in [0.15, 0.2) is 0 Å². The molecule has 1 saturated heterocycles. The Hall–Kier alpha value is -1.29. The van der Waals surface area contributed by atoms with Crippen LogP contribution in [0.25, 0.3) is 0 Å². The maximum Gasteiger partial charge on any atom is 0.335 e. The van der Waals surface area contributed by atoms with E-state index in [0.29, 0.717) is 17.9 Å². The van der Waals surface area contributed by atoms with Crippen LogP contribution >= 0.6 is 11.6 Å². The minimum absolute atomic E-state index is 0.190. The van der Waals surface area contributed by atoms with E-state index in [4.69, 9.17) is 16.7 Å². The fraction of sp³-hybridized carbons (Fsp3) is 0.538. The highest BCUT2D eigenvalue weighted by molar-refractivity contribution is 6.29. The maximum atomic E-state index is 11.0. The second-order valence-electron chi connectivity index (χ2n) is 4.88. The molecule has 4 nitrogen and oxygen atoms in total. The van der Waals surface area contributed by atoms with Crippen LogP contribution in [0.3, 0.4) is 0 Å². The smallest absolute Gasteiger partial charge is 0.335 e. The van der Waals surface area contributed by atoms with Gasteiger partial charge in [0.25, 0.3) is 0 Å². The average Bonchev–Trinajstić information content (AvgIpc) is 2.28. The zero-order chi connectivity index (χ0) is 13.3. The molecule has 0 aliphatic carbocycles. The second kappa shape index (κ2) is 5.14. The summed E-state index contributed by atoms with van der Waals surface area (Å²) in [6.45, 7) is 4.28. The van der Waals surface area contributed by atoms with Crippen LogP contribution in [0.15, 0.2) is 12.1 Å². The largest absolute Gasteiger partial charge is 0.478 e. The lowest BCUT2D eigenvalue weighted by Gasteiger charge is -2.40. The standard InChI is InChI=1S/C13H17ClN2O2/c1-8-4-3-5-9(2)16(8)12-7-10(13(17)18)6-11(14)15-12/h6-9H,3-5H2,1-2H3,(H,17,18)/t8-,9+. The van der Waals surface area contributed by atoms with Gasteiger partial charge in [-0.25, -0.2) is 9.78 Å². The predicted molar refractivity (Wildman–Crippen MR) is 71.5 cm³/mol. The van der Waals surface area contributed by atoms with Crippen molar-refractivity contribution in [1.29, 1.82) is 0 Å². The van der Waals surface area contributed by atoms with Gasteiger partial charge in [-0.3, -0.25) is 0 Å². The number of aromatic nitrogens is 1. The minimum Gasteiger partial charge on any atom is -0.478 e. The van der Waals surface area contributed by atoms with Gasteiger partial charge >= 0.3 is 5.97 Å². The Morgan fingerprint density at radius 2 is 2.00 bits per heavy atom. The maximum absolute atomic E-state index is 11.0. The molecule has 18 heavy (non-hydrogen) atoms. The van der Waals surface area contributed by atoms with Crippen LogP contribution in [0.1, 0.15) is 43.5 Å². The zero-order valence-corrected chi connectivity index (χ0v) is 11.3. The molecule has 2 atom stereocenters. The molecule has 2 heterocycles. The van der Waals surface area contributed by atoms with Gasteiger partial charge in [-0.1, -0.05) is 11.6 Å². The molecule has 0 amide bonds. The third-order valence-electron chi connectivity index (χ3n) is 3.49. The lowest BCUT2D eigenvalue weighted by atomic mass is 9.97. The summed E-state index contributed by atoms with van der Waals surface area (Å²) in [5.74, 6) is -0.308. The van der Waals surface area contributed by atoms with Crippen LogP contribution in [-0.4, -0.2) is 28.1 Å². The highest BCUT2D eigenvalue weighted by Gasteiger charge is 2.26. The molecule has 5 heteroatoms. The fourth-order valence-electron chi connectivity index (χ4n) is 2.61. The normalized spacial score (nSPS) is 24.1. The summed E-state index contributed by atoms with van der Waals surface area (Å²) in [4.78, 5) is 17.5. The van der Waals surface area contributed by atoms with E-state index in [1.54, 1.807) is 6.07 Å². The van der Waals surface area contributed by atoms with Crippen LogP contribution in [0.4, 0.5) is 5.82 Å². The van der Waals surface area contributed by atoms with Crippen LogP contribution in [0.5, 0.6) is 0 Å². The fourth-order valence-corrected chi connectivity index (χ4v) is 2.82. The monoisotopic (exact) mass is 268 g/mol. The summed E-state index contributed by atoms with van der Waals surface area (Å²) in [5.41, 5.74) is 0.190. The summed E-state index contributed by atoms with van der Waals surface area (Å²) >= 11 is 5.91. The molecule has 0 radical (unpaired) electrons. The van der Waals surface area contributed by atoms with E-state index in [1.165, 1.54) is 12.5 Å². The van der Waals surface area contributed by atoms with Crippen molar-refractivity contribution in [1.82, 2.24) is 4.98 Å². The third-order valence-corrected chi connectivity index (χ3v) is 3.68. The van der Waals surface area contributed by atoms with Crippen molar-refractivity contribution in [3.05, 3.63) is 22.8 Å². The molecular weight excluding hydrogens is 252 g/mol. The van der Waals surface area contributed by atoms with Gasteiger partial charge in [0.2, 0.25) is 0 Å². The Bertz CT molecular complexity index is 454. The van der Waals surface area contributed by atoms with Crippen molar-refractivity contribution >= 4 is 23.4 Å². The highest BCUT2D eigenvalue weighted by atomic mass is 35.5. The van der Waals surface area contributed by atoms with E-state index in [2.05, 4.69) is 23.7 Å². The number of aromatic carboxylic acids is 1. The number of carboxylic acid groups (broad SMARTS) is 1. The van der Waals surface area contributed by atoms with E-state index in [1.807, 2.05) is 0 Å². The molecule has 98 valence electrons. The molecule has 1 aliphatic heterocycles. The summed E-state index contributed by atoms with van der Waals surface area (Å²) < 4.78 is 0. The molecule has 0 saturated carbocycles. The van der Waals surface area contributed by atoms with Crippen LogP contribution in [-0.2, 0) is 0 Å². The molecule has 1 N–H and O–H groups in total. The van der Waals surface area contributed by atoms with Crippen molar-refractivity contribution in [2.24, 2.45) is 0 Å². The number of halogens is 1. The van der Waals surface area contributed by atoms with Crippen LogP contribution in [0, 0.1) is 0 Å². The Labute approximate surface area is 112 Å². The Morgan fingerprint density at radius 1 is 1.39 bits per heavy atom. The molecule has 1 fully saturated rings. The summed E-state index contributed by atoms with van der Waals surface area (Å²) in [7, 11) is 0. The van der Waals surface area contributed by atoms with Gasteiger partial charge in [-0.05, 0) is 45.2 Å². The Balaban J connectivity index is 2.39. The summed E-state index contributed by atoms with van der Waals surface area (Å²) in [6, 6.07) is 3.71. The molecule has 0 aromatic carbocycles. The van der Waals surface area contributed by atoms with Gasteiger partial charge in [-0.15, -0.1) is 0 Å². The first-order valence-corrected chi connectivity index (χ1v) is 6.56. The molecule has 2 rings (SSSR count). The van der Waals surface area contributed by atoms with Crippen molar-refractivity contribution < 1.29 is 9.90 Å². The molecular formula is C13H17ClN2O2. The van der Waals surface area contributed by atoms with Gasteiger partial charge < -0.3 is 10.0 Å². The van der Waals surface area contributed by atoms with E-state index in [-0.39, 0.29) is 10.7 Å². The van der Waals surface area contributed by atoms with Crippen LogP contribution < -0.4 is 4.90 Å². The van der Waals surface area contributed by atoms with Gasteiger partial charge in [0, 0.05) is 12.1 Å². The van der Waals surface area contributed by atoms with E-state index in [9.17, 15) is 4.79 Å². The zero-order valence-electron chi connectivity index (χ0n) is 10.6. The SMILES string of the molecule is C[C@@H]1CCC[C@H](C)N1c1cc(C(=O)O)cc(Cl)n1. The molecule has 1 aromatic heterocycles. The first kappa shape index (κ1) is 13.1. The number of hydrogen-bond donors (Lipinski definition) is 1. The minimum atomic E-state index is -0.974. The van der Waals surface area contributed by atoms with Crippen LogP contribution in [0.2, 0.25) is 5.15 Å². The number of carbonyl (C=O) groups is 1. The van der Waals surface area contributed by atoms with E-state index < -0.39 is 5.97 Å². The first-order valence-electron chi connectivity index (χ1n) is 6.18. The number of pyridine rings is 1. The Kier molecular flexibility index (Phi) is 3.76. The van der Waals surface area contributed by atoms with Crippen molar-refractivity contribution in [2.45, 2.75) is 45.2 Å². The number of anilines is 1. The molecule has 0 unspecified atom stereocenters. The quantitative estimate of drug-likeness (QED) is 0.837. The first-order chi connectivity index (χ1) is 8.49. The highest BCUT2D eigenvalue weighted by Crippen LogP contribution is 2.29. The van der Waals surface area contributed by atoms with Gasteiger partial charge in [-0.2, -0.15) is 0 Å². The van der Waals surface area contributed by atoms with Crippen molar-refractivity contribution in [3.63, 3.8) is 0 Å². The summed E-state index contributed by atoms with van der Waals surface area (Å²) in [6.07, 6.45) is 3.40. The van der Waals surface area contributed by atoms with E-state index >= 15 is 0 Å². The number of carboxylic acids is 1. The molecule has 0 spiro atoms.